The SMILES string of the molecule is N/C(=N\n1nnnc1C(Cl)([N+](=O)[O-])[N+](=O)[O-])C(Cl)([N+](=O)[O-])[N+](=O)[O-]. The van der Waals surface area contributed by atoms with E-state index in [0.29, 0.717) is 0 Å². The molecule has 0 aromatic carbocycles. The summed E-state index contributed by atoms with van der Waals surface area (Å²) in [6.45, 7) is 0. The fraction of sp³-hybridized carbons (Fsp3) is 0.500. The van der Waals surface area contributed by atoms with Crippen molar-refractivity contribution in [3.05, 3.63) is 46.3 Å². The first-order valence-electron chi connectivity index (χ1n) is 4.99. The molecule has 0 atom stereocenters. The molecule has 18 nitrogen and oxygen atoms in total. The van der Waals surface area contributed by atoms with E-state index in [1.165, 1.54) is 0 Å². The standard InChI is InChI=1S/C4H2Cl2N10O8/c5-3(13(17)18,14(19)20)1(7)9-12-2(8-10-11-12)4(6,15(21)22)16(23)24/h(H2,7,9). The third-order valence-electron chi connectivity index (χ3n) is 2.23. The molecule has 0 radical (unpaired) electrons. The summed E-state index contributed by atoms with van der Waals surface area (Å²) in [6, 6.07) is 0. The average molecular weight is 389 g/mol. The van der Waals surface area contributed by atoms with Gasteiger partial charge in [-0.2, -0.15) is 0 Å². The minimum atomic E-state index is -3.68. The Bertz CT molecular complexity index is 730. The van der Waals surface area contributed by atoms with Gasteiger partial charge >= 0.3 is 16.1 Å². The quantitative estimate of drug-likeness (QED) is 0.102. The van der Waals surface area contributed by atoms with Crippen LogP contribution in [0.2, 0.25) is 0 Å². The van der Waals surface area contributed by atoms with Gasteiger partial charge in [0.1, 0.15) is 19.7 Å². The summed E-state index contributed by atoms with van der Waals surface area (Å²) in [5, 5.41) is 47.2. The molecule has 1 aromatic rings. The number of nitro groups is 4. The van der Waals surface area contributed by atoms with E-state index in [1.807, 2.05) is 0 Å². The summed E-state index contributed by atoms with van der Waals surface area (Å²) in [4.78, 5) is 36.3. The van der Waals surface area contributed by atoms with Crippen molar-refractivity contribution >= 4 is 29.0 Å². The first kappa shape index (κ1) is 18.8. The highest BCUT2D eigenvalue weighted by molar-refractivity contribution is 6.32. The van der Waals surface area contributed by atoms with Gasteiger partial charge in [-0.25, -0.2) is 0 Å². The number of nitrogens with two attached hydrogens (primary N) is 1. The van der Waals surface area contributed by atoms with Crippen LogP contribution >= 0.6 is 23.2 Å². The predicted molar refractivity (Wildman–Crippen MR) is 68.9 cm³/mol. The molecular weight excluding hydrogens is 387 g/mol. The summed E-state index contributed by atoms with van der Waals surface area (Å²) in [5.74, 6) is -2.92. The maximum absolute atomic E-state index is 10.8. The summed E-state index contributed by atoms with van der Waals surface area (Å²) >= 11 is 10.4. The summed E-state index contributed by atoms with van der Waals surface area (Å²) in [7, 11) is 0. The van der Waals surface area contributed by atoms with Crippen molar-refractivity contribution in [3.63, 3.8) is 0 Å². The maximum Gasteiger partial charge on any atom is 0.601 e. The van der Waals surface area contributed by atoms with Crippen molar-refractivity contribution in [1.29, 1.82) is 0 Å². The molecule has 0 bridgehead atoms. The Morgan fingerprint density at radius 2 is 1.50 bits per heavy atom. The smallest absolute Gasteiger partial charge is 0.372 e. The second-order valence-electron chi connectivity index (χ2n) is 3.58. The van der Waals surface area contributed by atoms with Gasteiger partial charge in [0, 0.05) is 0 Å². The van der Waals surface area contributed by atoms with Gasteiger partial charge in [0.25, 0.3) is 5.84 Å². The van der Waals surface area contributed by atoms with E-state index in [1.54, 1.807) is 0 Å². The van der Waals surface area contributed by atoms with Crippen LogP contribution in [0.3, 0.4) is 0 Å². The normalized spacial score (nSPS) is 12.7. The van der Waals surface area contributed by atoms with Gasteiger partial charge in [0.15, 0.2) is 0 Å². The van der Waals surface area contributed by atoms with Crippen LogP contribution in [0.15, 0.2) is 5.10 Å². The molecule has 1 heterocycles. The summed E-state index contributed by atoms with van der Waals surface area (Å²) in [6.07, 6.45) is 0. The molecule has 0 aliphatic carbocycles. The number of rotatable bonds is 7. The Morgan fingerprint density at radius 1 is 1.04 bits per heavy atom. The third-order valence-corrected chi connectivity index (χ3v) is 3.15. The average Bonchev–Trinajstić information content (AvgIpc) is 2.92. The first-order valence-corrected chi connectivity index (χ1v) is 5.75. The Balaban J connectivity index is 3.56. The number of halogens is 2. The predicted octanol–water partition coefficient (Wildman–Crippen LogP) is -1.86. The lowest BCUT2D eigenvalue weighted by molar-refractivity contribution is -0.780. The van der Waals surface area contributed by atoms with Crippen LogP contribution in [0.25, 0.3) is 0 Å². The number of aromatic nitrogens is 4. The highest BCUT2D eigenvalue weighted by Gasteiger charge is 2.64. The fourth-order valence-electron chi connectivity index (χ4n) is 1.09. The fourth-order valence-corrected chi connectivity index (χ4v) is 1.24. The second kappa shape index (κ2) is 6.08. The number of hydrogen-bond acceptors (Lipinski definition) is 12. The molecule has 0 aliphatic rings. The molecule has 130 valence electrons. The van der Waals surface area contributed by atoms with E-state index >= 15 is 0 Å². The van der Waals surface area contributed by atoms with Gasteiger partial charge in [-0.1, -0.05) is 9.89 Å². The van der Waals surface area contributed by atoms with Crippen molar-refractivity contribution in [2.45, 2.75) is 10.2 Å². The van der Waals surface area contributed by atoms with Crippen molar-refractivity contribution in [2.24, 2.45) is 10.8 Å². The monoisotopic (exact) mass is 388 g/mol. The highest BCUT2D eigenvalue weighted by Crippen LogP contribution is 2.28. The Hall–Kier alpha value is -3.28. The molecule has 0 aliphatic heterocycles. The van der Waals surface area contributed by atoms with E-state index < -0.39 is 41.6 Å². The molecule has 1 aromatic heterocycles. The number of hydrogen-bond donors (Lipinski definition) is 1. The van der Waals surface area contributed by atoms with Gasteiger partial charge in [0.2, 0.25) is 0 Å². The van der Waals surface area contributed by atoms with Gasteiger partial charge in [-0.15, -0.1) is 5.10 Å². The maximum atomic E-state index is 10.8. The lowest BCUT2D eigenvalue weighted by Gasteiger charge is -2.09. The van der Waals surface area contributed by atoms with Crippen LogP contribution in [0.5, 0.6) is 0 Å². The van der Waals surface area contributed by atoms with Crippen molar-refractivity contribution < 1.29 is 19.7 Å². The van der Waals surface area contributed by atoms with Crippen LogP contribution in [0.1, 0.15) is 5.82 Å². The molecule has 0 saturated heterocycles. The van der Waals surface area contributed by atoms with Gasteiger partial charge in [-0.05, 0) is 10.4 Å². The van der Waals surface area contributed by atoms with E-state index in [4.69, 9.17) is 28.9 Å². The number of alkyl halides is 2. The molecule has 1 rings (SSSR count). The first-order chi connectivity index (χ1) is 10.9. The topological polar surface area (TPSA) is 255 Å². The minimum absolute atomic E-state index is 0.169. The molecule has 0 amide bonds. The molecule has 0 unspecified atom stereocenters. The largest absolute Gasteiger partial charge is 0.601 e. The zero-order valence-electron chi connectivity index (χ0n) is 10.6. The molecule has 24 heavy (non-hydrogen) atoms. The Morgan fingerprint density at radius 3 is 1.88 bits per heavy atom. The second-order valence-corrected chi connectivity index (χ2v) is 4.63. The molecule has 20 heteroatoms. The Kier molecular flexibility index (Phi) is 4.75. The van der Waals surface area contributed by atoms with Crippen LogP contribution in [0, 0.1) is 40.5 Å². The lowest BCUT2D eigenvalue weighted by atomic mass is 10.4. The number of nitrogens with zero attached hydrogens (tertiary/aromatic N) is 9. The zero-order chi connectivity index (χ0) is 18.9. The van der Waals surface area contributed by atoms with Crippen LogP contribution in [0.4, 0.5) is 0 Å². The van der Waals surface area contributed by atoms with E-state index in [2.05, 4.69) is 20.6 Å². The lowest BCUT2D eigenvalue weighted by Crippen LogP contribution is -2.52. The molecule has 0 saturated carbocycles. The summed E-state index contributed by atoms with van der Waals surface area (Å²) < 4.78 is 0. The van der Waals surface area contributed by atoms with Crippen LogP contribution in [-0.2, 0) is 5.12 Å². The highest BCUT2D eigenvalue weighted by atomic mass is 35.5. The van der Waals surface area contributed by atoms with Gasteiger partial charge in [-0.3, -0.25) is 40.5 Å². The Labute approximate surface area is 137 Å². The zero-order valence-corrected chi connectivity index (χ0v) is 12.1. The van der Waals surface area contributed by atoms with Crippen molar-refractivity contribution in [1.82, 2.24) is 20.3 Å². The molecular formula is C4H2Cl2N10O8. The van der Waals surface area contributed by atoms with Gasteiger partial charge in [0.05, 0.1) is 23.2 Å². The third kappa shape index (κ3) is 2.69. The van der Waals surface area contributed by atoms with E-state index in [-0.39, 0.29) is 4.79 Å². The molecule has 0 spiro atoms. The van der Waals surface area contributed by atoms with Crippen molar-refractivity contribution in [3.8, 4) is 0 Å². The van der Waals surface area contributed by atoms with E-state index in [0.717, 1.165) is 0 Å². The van der Waals surface area contributed by atoms with Crippen molar-refractivity contribution in [2.75, 3.05) is 0 Å². The van der Waals surface area contributed by atoms with E-state index in [9.17, 15) is 40.5 Å². The van der Waals surface area contributed by atoms with Crippen LogP contribution < -0.4 is 5.73 Å². The van der Waals surface area contributed by atoms with Crippen LogP contribution in [-0.4, -0.2) is 51.0 Å². The number of tetrazole rings is 1. The minimum Gasteiger partial charge on any atom is -0.372 e. The molecule has 2 N–H and O–H groups in total. The van der Waals surface area contributed by atoms with Gasteiger partial charge < -0.3 is 5.73 Å². The molecule has 0 fully saturated rings. The number of amidine groups is 1. The summed E-state index contributed by atoms with van der Waals surface area (Å²) in [5.41, 5.74) is 5.05.